The molecule has 0 aliphatic carbocycles. The van der Waals surface area contributed by atoms with Crippen molar-refractivity contribution in [3.8, 4) is 0 Å². The molecule has 3 aromatic carbocycles. The molecule has 0 heterocycles. The molecule has 0 fully saturated rings. The number of rotatable bonds is 4. The van der Waals surface area contributed by atoms with Crippen LogP contribution in [0.4, 0.5) is 4.39 Å². The van der Waals surface area contributed by atoms with E-state index < -0.39 is 27.2 Å². The number of carbonyl (C=O) groups excluding carboxylic acids is 1. The van der Waals surface area contributed by atoms with Gasteiger partial charge in [0.2, 0.25) is 0 Å². The normalized spacial score (nSPS) is 11.6. The zero-order valence-corrected chi connectivity index (χ0v) is 14.7. The molecule has 0 aliphatic rings. The summed E-state index contributed by atoms with van der Waals surface area (Å²) in [6.45, 7) is 3.62. The monoisotopic (exact) mass is 356 g/mol. The lowest BCUT2D eigenvalue weighted by Gasteiger charge is -2.10. The van der Waals surface area contributed by atoms with Crippen LogP contribution < -0.4 is 0 Å². The average Bonchev–Trinajstić information content (AvgIpc) is 2.57. The van der Waals surface area contributed by atoms with Crippen molar-refractivity contribution < 1.29 is 17.6 Å². The van der Waals surface area contributed by atoms with E-state index in [1.165, 1.54) is 12.1 Å². The fourth-order valence-electron chi connectivity index (χ4n) is 2.87. The van der Waals surface area contributed by atoms with Crippen LogP contribution in [0.5, 0.6) is 0 Å². The first kappa shape index (κ1) is 17.3. The van der Waals surface area contributed by atoms with Crippen LogP contribution in [0.2, 0.25) is 0 Å². The van der Waals surface area contributed by atoms with Crippen LogP contribution in [0.3, 0.4) is 0 Å². The van der Waals surface area contributed by atoms with E-state index in [0.29, 0.717) is 5.56 Å². The SMILES string of the molecule is Cc1ccc(C)c(C(=O)CS(=O)(=O)c2ccc(F)c3ccccc23)c1. The summed E-state index contributed by atoms with van der Waals surface area (Å²) in [4.78, 5) is 12.5. The number of hydrogen-bond acceptors (Lipinski definition) is 3. The Morgan fingerprint density at radius 3 is 2.36 bits per heavy atom. The second-order valence-electron chi connectivity index (χ2n) is 6.09. The van der Waals surface area contributed by atoms with E-state index in [1.54, 1.807) is 37.3 Å². The van der Waals surface area contributed by atoms with Crippen LogP contribution in [-0.2, 0) is 9.84 Å². The van der Waals surface area contributed by atoms with Gasteiger partial charge in [0.05, 0.1) is 4.90 Å². The van der Waals surface area contributed by atoms with Crippen LogP contribution in [0.1, 0.15) is 21.5 Å². The number of Topliss-reactive ketones (excluding diaryl/α,β-unsaturated/α-hetero) is 1. The smallest absolute Gasteiger partial charge is 0.186 e. The predicted molar refractivity (Wildman–Crippen MR) is 96.2 cm³/mol. The van der Waals surface area contributed by atoms with Crippen LogP contribution in [0, 0.1) is 19.7 Å². The first-order valence-electron chi connectivity index (χ1n) is 7.80. The average molecular weight is 356 g/mol. The van der Waals surface area contributed by atoms with Crippen molar-refractivity contribution in [1.29, 1.82) is 0 Å². The van der Waals surface area contributed by atoms with Crippen molar-refractivity contribution >= 4 is 26.4 Å². The third-order valence-electron chi connectivity index (χ3n) is 4.18. The van der Waals surface area contributed by atoms with Gasteiger partial charge in [0.1, 0.15) is 11.6 Å². The molecule has 0 amide bonds. The molecule has 0 spiro atoms. The topological polar surface area (TPSA) is 51.2 Å². The molecule has 0 aliphatic heterocycles. The number of hydrogen-bond donors (Lipinski definition) is 0. The lowest BCUT2D eigenvalue weighted by molar-refractivity contribution is 0.102. The molecule has 0 bridgehead atoms. The summed E-state index contributed by atoms with van der Waals surface area (Å²) < 4.78 is 39.5. The van der Waals surface area contributed by atoms with Gasteiger partial charge < -0.3 is 0 Å². The maximum atomic E-state index is 13.9. The molecule has 128 valence electrons. The highest BCUT2D eigenvalue weighted by Crippen LogP contribution is 2.27. The van der Waals surface area contributed by atoms with Gasteiger partial charge in [-0.25, -0.2) is 12.8 Å². The molecule has 0 aromatic heterocycles. The minimum atomic E-state index is -3.90. The minimum Gasteiger partial charge on any atom is -0.293 e. The van der Waals surface area contributed by atoms with E-state index in [0.717, 1.165) is 17.2 Å². The third-order valence-corrected chi connectivity index (χ3v) is 5.85. The summed E-state index contributed by atoms with van der Waals surface area (Å²) in [5.74, 6) is -1.60. The summed E-state index contributed by atoms with van der Waals surface area (Å²) in [7, 11) is -3.90. The Kier molecular flexibility index (Phi) is 4.43. The number of benzene rings is 3. The minimum absolute atomic E-state index is 0.0249. The van der Waals surface area contributed by atoms with E-state index in [2.05, 4.69) is 0 Å². The summed E-state index contributed by atoms with van der Waals surface area (Å²) in [6.07, 6.45) is 0. The molecular weight excluding hydrogens is 339 g/mol. The van der Waals surface area contributed by atoms with E-state index >= 15 is 0 Å². The third kappa shape index (κ3) is 3.33. The number of ketones is 1. The lowest BCUT2D eigenvalue weighted by Crippen LogP contribution is -2.18. The van der Waals surface area contributed by atoms with Crippen molar-refractivity contribution in [3.05, 3.63) is 77.1 Å². The standard InChI is InChI=1S/C20H17FO3S/c1-13-7-8-14(2)17(11-13)19(22)12-25(23,24)20-10-9-18(21)15-5-3-4-6-16(15)20/h3-11H,12H2,1-2H3. The number of halogens is 1. The fraction of sp³-hybridized carbons (Fsp3) is 0.150. The Bertz CT molecular complexity index is 1090. The molecule has 5 heteroatoms. The van der Waals surface area contributed by atoms with Crippen molar-refractivity contribution in [2.24, 2.45) is 0 Å². The molecule has 0 saturated heterocycles. The summed E-state index contributed by atoms with van der Waals surface area (Å²) in [6, 6.07) is 14.1. The zero-order chi connectivity index (χ0) is 18.2. The molecule has 0 unspecified atom stereocenters. The van der Waals surface area contributed by atoms with Gasteiger partial charge in [-0.05, 0) is 37.6 Å². The van der Waals surface area contributed by atoms with Crippen molar-refractivity contribution in [1.82, 2.24) is 0 Å². The van der Waals surface area contributed by atoms with Crippen LogP contribution in [0.25, 0.3) is 10.8 Å². The van der Waals surface area contributed by atoms with Gasteiger partial charge in [-0.2, -0.15) is 0 Å². The highest BCUT2D eigenvalue weighted by Gasteiger charge is 2.24. The fourth-order valence-corrected chi connectivity index (χ4v) is 4.31. The Balaban J connectivity index is 2.05. The highest BCUT2D eigenvalue weighted by molar-refractivity contribution is 7.92. The largest absolute Gasteiger partial charge is 0.293 e. The molecule has 0 saturated carbocycles. The van der Waals surface area contributed by atoms with Gasteiger partial charge in [0, 0.05) is 16.3 Å². The van der Waals surface area contributed by atoms with E-state index in [-0.39, 0.29) is 15.7 Å². The molecule has 3 rings (SSSR count). The van der Waals surface area contributed by atoms with Crippen molar-refractivity contribution in [2.45, 2.75) is 18.7 Å². The summed E-state index contributed by atoms with van der Waals surface area (Å²) in [5.41, 5.74) is 2.02. The van der Waals surface area contributed by atoms with Crippen LogP contribution in [-0.4, -0.2) is 20.0 Å². The van der Waals surface area contributed by atoms with Gasteiger partial charge in [-0.1, -0.05) is 42.0 Å². The Labute approximate surface area is 146 Å². The molecule has 25 heavy (non-hydrogen) atoms. The van der Waals surface area contributed by atoms with E-state index in [4.69, 9.17) is 0 Å². The first-order valence-corrected chi connectivity index (χ1v) is 9.45. The van der Waals surface area contributed by atoms with Crippen LogP contribution in [0.15, 0.2) is 59.5 Å². The Morgan fingerprint density at radius 2 is 1.64 bits per heavy atom. The maximum absolute atomic E-state index is 13.9. The van der Waals surface area contributed by atoms with Gasteiger partial charge in [0.15, 0.2) is 15.6 Å². The number of sulfone groups is 1. The Hall–Kier alpha value is -2.53. The highest BCUT2D eigenvalue weighted by atomic mass is 32.2. The van der Waals surface area contributed by atoms with Gasteiger partial charge >= 0.3 is 0 Å². The quantitative estimate of drug-likeness (QED) is 0.519. The van der Waals surface area contributed by atoms with E-state index in [9.17, 15) is 17.6 Å². The molecule has 0 N–H and O–H groups in total. The predicted octanol–water partition coefficient (Wildman–Crippen LogP) is 4.25. The second-order valence-corrected chi connectivity index (χ2v) is 8.05. The Morgan fingerprint density at radius 1 is 0.960 bits per heavy atom. The molecule has 0 atom stereocenters. The van der Waals surface area contributed by atoms with Gasteiger partial charge in [0.25, 0.3) is 0 Å². The van der Waals surface area contributed by atoms with Crippen molar-refractivity contribution in [3.63, 3.8) is 0 Å². The summed E-state index contributed by atoms with van der Waals surface area (Å²) >= 11 is 0. The number of fused-ring (bicyclic) bond motifs is 1. The van der Waals surface area contributed by atoms with Gasteiger partial charge in [-0.15, -0.1) is 0 Å². The van der Waals surface area contributed by atoms with Gasteiger partial charge in [-0.3, -0.25) is 4.79 Å². The zero-order valence-electron chi connectivity index (χ0n) is 13.9. The first-order chi connectivity index (χ1) is 11.8. The van der Waals surface area contributed by atoms with Crippen molar-refractivity contribution in [2.75, 3.05) is 5.75 Å². The number of carbonyl (C=O) groups is 1. The van der Waals surface area contributed by atoms with Crippen LogP contribution >= 0.6 is 0 Å². The molecule has 3 aromatic rings. The number of aryl methyl sites for hydroxylation is 2. The summed E-state index contributed by atoms with van der Waals surface area (Å²) in [5, 5.41) is 0.513. The molecule has 0 radical (unpaired) electrons. The lowest BCUT2D eigenvalue weighted by atomic mass is 10.0. The maximum Gasteiger partial charge on any atom is 0.186 e. The van der Waals surface area contributed by atoms with E-state index in [1.807, 2.05) is 13.0 Å². The second kappa shape index (κ2) is 6.41. The molecular formula is C20H17FO3S. The molecule has 3 nitrogen and oxygen atoms in total.